The molecule has 0 aliphatic carbocycles. The molecule has 0 spiro atoms. The molecule has 1 saturated heterocycles. The molecule has 1 aliphatic rings. The third kappa shape index (κ3) is 1.82. The van der Waals surface area contributed by atoms with E-state index in [4.69, 9.17) is 5.26 Å². The molecule has 0 aromatic carbocycles. The first kappa shape index (κ1) is 10.4. The van der Waals surface area contributed by atoms with Gasteiger partial charge in [0, 0.05) is 13.1 Å². The molecule has 2 rings (SSSR count). The Balaban J connectivity index is 2.23. The smallest absolute Gasteiger partial charge is 0.242 e. The largest absolute Gasteiger partial charge is 0.357 e. The zero-order valence-corrected chi connectivity index (χ0v) is 8.97. The Morgan fingerprint density at radius 3 is 3.06 bits per heavy atom. The van der Waals surface area contributed by atoms with Gasteiger partial charge in [0.1, 0.15) is 17.8 Å². The first-order chi connectivity index (χ1) is 7.72. The number of amides is 1. The maximum Gasteiger partial charge on any atom is 0.242 e. The quantitative estimate of drug-likeness (QED) is 0.732. The summed E-state index contributed by atoms with van der Waals surface area (Å²) in [5.74, 6) is 0.0237. The lowest BCUT2D eigenvalue weighted by Gasteiger charge is -2.34. The van der Waals surface area contributed by atoms with Crippen LogP contribution in [0.25, 0.3) is 0 Å². The highest BCUT2D eigenvalue weighted by Gasteiger charge is 2.25. The van der Waals surface area contributed by atoms with Crippen LogP contribution >= 0.6 is 0 Å². The van der Waals surface area contributed by atoms with Crippen LogP contribution in [0.2, 0.25) is 0 Å². The summed E-state index contributed by atoms with van der Waals surface area (Å²) in [6.07, 6.45) is 1.63. The van der Waals surface area contributed by atoms with Crippen LogP contribution in [0.3, 0.4) is 0 Å². The molecule has 16 heavy (non-hydrogen) atoms. The lowest BCUT2D eigenvalue weighted by molar-refractivity contribution is -0.122. The summed E-state index contributed by atoms with van der Waals surface area (Å²) in [6.45, 7) is 3.26. The molecule has 5 nitrogen and oxygen atoms in total. The number of aromatic nitrogens is 1. The molecule has 0 saturated carbocycles. The normalized spacial score (nSPS) is 20.1. The van der Waals surface area contributed by atoms with Crippen LogP contribution in [0.15, 0.2) is 18.3 Å². The van der Waals surface area contributed by atoms with Crippen LogP contribution in [0, 0.1) is 11.3 Å². The highest BCUT2D eigenvalue weighted by molar-refractivity contribution is 5.86. The molecule has 2 heterocycles. The number of anilines is 1. The highest BCUT2D eigenvalue weighted by Crippen LogP contribution is 2.17. The molecule has 1 aromatic rings. The zero-order valence-electron chi connectivity index (χ0n) is 8.97. The summed E-state index contributed by atoms with van der Waals surface area (Å²) < 4.78 is 0. The molecule has 1 N–H and O–H groups in total. The van der Waals surface area contributed by atoms with Crippen molar-refractivity contribution >= 4 is 11.6 Å². The van der Waals surface area contributed by atoms with Crippen LogP contribution in [0.5, 0.6) is 0 Å². The third-order valence-electron chi connectivity index (χ3n) is 2.69. The van der Waals surface area contributed by atoms with Crippen LogP contribution in [0.4, 0.5) is 5.69 Å². The number of nitrogens with zero attached hydrogens (tertiary/aromatic N) is 3. The Bertz CT molecular complexity index is 434. The van der Waals surface area contributed by atoms with Crippen molar-refractivity contribution in [3.63, 3.8) is 0 Å². The van der Waals surface area contributed by atoms with Gasteiger partial charge in [0.15, 0.2) is 0 Å². The number of carbonyl (C=O) groups excluding carboxylic acids is 1. The number of piperazine rings is 1. The molecule has 1 fully saturated rings. The Hall–Kier alpha value is -2.09. The van der Waals surface area contributed by atoms with Gasteiger partial charge in [-0.15, -0.1) is 0 Å². The second-order valence-electron chi connectivity index (χ2n) is 3.67. The molecule has 1 atom stereocenters. The first-order valence-corrected chi connectivity index (χ1v) is 5.13. The van der Waals surface area contributed by atoms with E-state index in [1.807, 2.05) is 24.0 Å². The van der Waals surface area contributed by atoms with Gasteiger partial charge in [0.05, 0.1) is 11.9 Å². The maximum absolute atomic E-state index is 11.5. The Labute approximate surface area is 93.7 Å². The van der Waals surface area contributed by atoms with E-state index in [-0.39, 0.29) is 11.9 Å². The van der Waals surface area contributed by atoms with Gasteiger partial charge in [0.25, 0.3) is 0 Å². The fourth-order valence-electron chi connectivity index (χ4n) is 1.76. The average molecular weight is 216 g/mol. The second kappa shape index (κ2) is 4.19. The standard InChI is InChI=1S/C11H12N4O/c1-8-11(16)13-4-5-15(8)10-3-2-9(6-12)14-7-10/h2-3,7-8H,4-5H2,1H3,(H,13,16). The number of nitrogens with one attached hydrogen (secondary N) is 1. The summed E-state index contributed by atoms with van der Waals surface area (Å²) >= 11 is 0. The summed E-state index contributed by atoms with van der Waals surface area (Å²) in [4.78, 5) is 17.5. The summed E-state index contributed by atoms with van der Waals surface area (Å²) in [5, 5.41) is 11.4. The molecular weight excluding hydrogens is 204 g/mol. The van der Waals surface area contributed by atoms with Gasteiger partial charge in [-0.05, 0) is 19.1 Å². The van der Waals surface area contributed by atoms with Gasteiger partial charge >= 0.3 is 0 Å². The fourth-order valence-corrected chi connectivity index (χ4v) is 1.76. The van der Waals surface area contributed by atoms with Crippen molar-refractivity contribution in [2.45, 2.75) is 13.0 Å². The van der Waals surface area contributed by atoms with Crippen molar-refractivity contribution < 1.29 is 4.79 Å². The maximum atomic E-state index is 11.5. The van der Waals surface area contributed by atoms with Crippen molar-refractivity contribution in [2.24, 2.45) is 0 Å². The molecule has 82 valence electrons. The third-order valence-corrected chi connectivity index (χ3v) is 2.69. The highest BCUT2D eigenvalue weighted by atomic mass is 16.2. The van der Waals surface area contributed by atoms with E-state index in [1.165, 1.54) is 0 Å². The van der Waals surface area contributed by atoms with Gasteiger partial charge in [-0.1, -0.05) is 0 Å². The first-order valence-electron chi connectivity index (χ1n) is 5.13. The molecule has 1 unspecified atom stereocenters. The molecule has 1 amide bonds. The molecular formula is C11H12N4O. The van der Waals surface area contributed by atoms with Gasteiger partial charge in [-0.25, -0.2) is 4.98 Å². The summed E-state index contributed by atoms with van der Waals surface area (Å²) in [7, 11) is 0. The molecule has 0 bridgehead atoms. The number of hydrogen-bond acceptors (Lipinski definition) is 4. The Morgan fingerprint density at radius 2 is 2.44 bits per heavy atom. The number of rotatable bonds is 1. The van der Waals surface area contributed by atoms with E-state index in [9.17, 15) is 4.79 Å². The summed E-state index contributed by atoms with van der Waals surface area (Å²) in [5.41, 5.74) is 1.26. The predicted molar refractivity (Wildman–Crippen MR) is 58.8 cm³/mol. The predicted octanol–water partition coefficient (Wildman–Crippen LogP) is 0.278. The topological polar surface area (TPSA) is 69.0 Å². The van der Waals surface area contributed by atoms with E-state index in [0.717, 1.165) is 12.2 Å². The molecule has 0 radical (unpaired) electrons. The summed E-state index contributed by atoms with van der Waals surface area (Å²) in [6, 6.07) is 5.26. The van der Waals surface area contributed by atoms with Crippen LogP contribution < -0.4 is 10.2 Å². The minimum atomic E-state index is -0.191. The lowest BCUT2D eigenvalue weighted by Crippen LogP contribution is -2.54. The van der Waals surface area contributed by atoms with Gasteiger partial charge < -0.3 is 10.2 Å². The van der Waals surface area contributed by atoms with E-state index in [0.29, 0.717) is 12.2 Å². The van der Waals surface area contributed by atoms with Crippen molar-refractivity contribution in [2.75, 3.05) is 18.0 Å². The number of nitriles is 1. The van der Waals surface area contributed by atoms with Gasteiger partial charge in [-0.2, -0.15) is 5.26 Å². The monoisotopic (exact) mass is 216 g/mol. The SMILES string of the molecule is CC1C(=O)NCCN1c1ccc(C#N)nc1. The van der Waals surface area contributed by atoms with Crippen LogP contribution in [0.1, 0.15) is 12.6 Å². The van der Waals surface area contributed by atoms with Crippen LogP contribution in [-0.2, 0) is 4.79 Å². The van der Waals surface area contributed by atoms with Gasteiger partial charge in [-0.3, -0.25) is 4.79 Å². The molecule has 5 heteroatoms. The second-order valence-corrected chi connectivity index (χ2v) is 3.67. The minimum Gasteiger partial charge on any atom is -0.357 e. The molecule has 1 aromatic heterocycles. The van der Waals surface area contributed by atoms with Crippen LogP contribution in [-0.4, -0.2) is 30.0 Å². The zero-order chi connectivity index (χ0) is 11.5. The lowest BCUT2D eigenvalue weighted by atomic mass is 10.2. The fraction of sp³-hybridized carbons (Fsp3) is 0.364. The van der Waals surface area contributed by atoms with E-state index >= 15 is 0 Å². The van der Waals surface area contributed by atoms with Crippen molar-refractivity contribution in [3.8, 4) is 6.07 Å². The van der Waals surface area contributed by atoms with Crippen molar-refractivity contribution in [1.82, 2.24) is 10.3 Å². The van der Waals surface area contributed by atoms with E-state index < -0.39 is 0 Å². The number of carbonyl (C=O) groups is 1. The number of pyridine rings is 1. The minimum absolute atomic E-state index is 0.0237. The van der Waals surface area contributed by atoms with Gasteiger partial charge in [0.2, 0.25) is 5.91 Å². The average Bonchev–Trinajstić information content (AvgIpc) is 2.33. The molecule has 1 aliphatic heterocycles. The van der Waals surface area contributed by atoms with E-state index in [1.54, 1.807) is 12.3 Å². The number of hydrogen-bond donors (Lipinski definition) is 1. The Morgan fingerprint density at radius 1 is 1.62 bits per heavy atom. The van der Waals surface area contributed by atoms with Crippen molar-refractivity contribution in [1.29, 1.82) is 5.26 Å². The van der Waals surface area contributed by atoms with Crippen molar-refractivity contribution in [3.05, 3.63) is 24.0 Å². The van der Waals surface area contributed by atoms with E-state index in [2.05, 4.69) is 10.3 Å². The Kier molecular flexibility index (Phi) is 2.73.